The first kappa shape index (κ1) is 26.9. The molecule has 0 aliphatic carbocycles. The van der Waals surface area contributed by atoms with E-state index in [1.807, 2.05) is 48.2 Å². The van der Waals surface area contributed by atoms with Crippen molar-refractivity contribution in [1.29, 1.82) is 0 Å². The summed E-state index contributed by atoms with van der Waals surface area (Å²) in [6, 6.07) is 16.2. The van der Waals surface area contributed by atoms with Crippen molar-refractivity contribution in [2.45, 2.75) is 51.7 Å². The van der Waals surface area contributed by atoms with Crippen LogP contribution in [-0.4, -0.2) is 42.9 Å². The van der Waals surface area contributed by atoms with Gasteiger partial charge in [0.05, 0.1) is 0 Å². The van der Waals surface area contributed by atoms with Crippen LogP contribution in [0.25, 0.3) is 0 Å². The van der Waals surface area contributed by atoms with Gasteiger partial charge in [-0.1, -0.05) is 32.9 Å². The normalized spacial score (nSPS) is 20.7. The fraction of sp³-hybridized carbons (Fsp3) is 0.444. The van der Waals surface area contributed by atoms with Gasteiger partial charge in [0.15, 0.2) is 5.79 Å². The highest BCUT2D eigenvalue weighted by Gasteiger charge is 2.39. The van der Waals surface area contributed by atoms with E-state index >= 15 is 0 Å². The molecule has 1 saturated heterocycles. The first-order valence-corrected chi connectivity index (χ1v) is 12.1. The Hall–Kier alpha value is -2.74. The van der Waals surface area contributed by atoms with Crippen LogP contribution in [0, 0.1) is 0 Å². The zero-order valence-electron chi connectivity index (χ0n) is 21.3. The van der Waals surface area contributed by atoms with Gasteiger partial charge < -0.3 is 15.8 Å². The average Bonchev–Trinajstić information content (AvgIpc) is 3.31. The number of likely N-dealkylation sites (tertiary alicyclic amines) is 1. The maximum atomic E-state index is 7.00. The third-order valence-corrected chi connectivity index (χ3v) is 6.61. The first-order valence-electron chi connectivity index (χ1n) is 12.1. The molecule has 2 aromatic carbocycles. The summed E-state index contributed by atoms with van der Waals surface area (Å²) >= 11 is 0. The number of nitrogens with zero attached hydrogens (tertiary/aromatic N) is 3. The Balaban J connectivity index is 0.00000342. The molecule has 0 saturated carbocycles. The van der Waals surface area contributed by atoms with Crippen LogP contribution in [0.3, 0.4) is 0 Å². The quantitative estimate of drug-likeness (QED) is 0.481. The van der Waals surface area contributed by atoms with Crippen molar-refractivity contribution in [3.05, 3.63) is 65.9 Å². The van der Waals surface area contributed by atoms with E-state index in [9.17, 15) is 0 Å². The van der Waals surface area contributed by atoms with Crippen molar-refractivity contribution in [2.24, 2.45) is 16.5 Å². The molecule has 35 heavy (non-hydrogen) atoms. The molecule has 2 heterocycles. The molecule has 0 bridgehead atoms. The van der Waals surface area contributed by atoms with Crippen LogP contribution in [0.5, 0.6) is 5.75 Å². The minimum atomic E-state index is -1.07. The number of nitrogens with one attached hydrogen (secondary N) is 1. The summed E-state index contributed by atoms with van der Waals surface area (Å²) in [5.74, 6) is 0.0898. The van der Waals surface area contributed by atoms with E-state index in [2.05, 4.69) is 48.1 Å². The standard InChI is InChI=1S/C27H38N6O.ClH/c1-20-19-30-25(28)33(27(20,29)31-22-9-7-8-21(18-22)26(2,3)4)23-10-12-24(13-11-23)34-17-16-32-14-5-6-15-32;/h7-13,18-19,31H,5-6,14-17,29H2,1-4H3,(H2,28,30);1H. The van der Waals surface area contributed by atoms with Crippen LogP contribution in [0.1, 0.15) is 46.1 Å². The number of aliphatic imine (C=N–C) groups is 1. The third kappa shape index (κ3) is 6.10. The van der Waals surface area contributed by atoms with E-state index in [1.54, 1.807) is 6.20 Å². The zero-order chi connectivity index (χ0) is 24.3. The molecular weight excluding hydrogens is 460 g/mol. The molecule has 7 nitrogen and oxygen atoms in total. The zero-order valence-corrected chi connectivity index (χ0v) is 22.1. The number of benzene rings is 2. The Labute approximate surface area is 215 Å². The highest BCUT2D eigenvalue weighted by Crippen LogP contribution is 2.33. The lowest BCUT2D eigenvalue weighted by molar-refractivity contribution is 0.238. The molecule has 1 atom stereocenters. The van der Waals surface area contributed by atoms with Crippen molar-refractivity contribution in [1.82, 2.24) is 4.90 Å². The molecule has 0 aromatic heterocycles. The van der Waals surface area contributed by atoms with Crippen molar-refractivity contribution in [3.8, 4) is 5.75 Å². The lowest BCUT2D eigenvalue weighted by atomic mass is 9.87. The van der Waals surface area contributed by atoms with Gasteiger partial charge in [-0.2, -0.15) is 0 Å². The maximum absolute atomic E-state index is 7.00. The van der Waals surface area contributed by atoms with Crippen molar-refractivity contribution < 1.29 is 4.74 Å². The van der Waals surface area contributed by atoms with Gasteiger partial charge in [0.1, 0.15) is 12.4 Å². The summed E-state index contributed by atoms with van der Waals surface area (Å²) in [5, 5.41) is 3.52. The molecule has 0 spiro atoms. The predicted molar refractivity (Wildman–Crippen MR) is 148 cm³/mol. The summed E-state index contributed by atoms with van der Waals surface area (Å²) in [7, 11) is 0. The average molecular weight is 499 g/mol. The monoisotopic (exact) mass is 498 g/mol. The molecular formula is C27H39ClN6O. The molecule has 8 heteroatoms. The van der Waals surface area contributed by atoms with Gasteiger partial charge in [-0.25, -0.2) is 4.99 Å². The fourth-order valence-corrected chi connectivity index (χ4v) is 4.44. The molecule has 2 aliphatic heterocycles. The Morgan fingerprint density at radius 3 is 2.43 bits per heavy atom. The van der Waals surface area contributed by atoms with E-state index < -0.39 is 5.79 Å². The van der Waals surface area contributed by atoms with Gasteiger partial charge in [0.25, 0.3) is 0 Å². The molecule has 4 rings (SSSR count). The van der Waals surface area contributed by atoms with Gasteiger partial charge in [-0.05, 0) is 80.2 Å². The van der Waals surface area contributed by atoms with Crippen molar-refractivity contribution in [3.63, 3.8) is 0 Å². The lowest BCUT2D eigenvalue weighted by Gasteiger charge is -2.45. The summed E-state index contributed by atoms with van der Waals surface area (Å²) in [6.45, 7) is 12.5. The Bertz CT molecular complexity index is 1060. The van der Waals surface area contributed by atoms with Crippen molar-refractivity contribution in [2.75, 3.05) is 36.5 Å². The van der Waals surface area contributed by atoms with E-state index in [0.29, 0.717) is 12.6 Å². The number of ether oxygens (including phenoxy) is 1. The van der Waals surface area contributed by atoms with E-state index in [1.165, 1.54) is 31.5 Å². The minimum absolute atomic E-state index is 0. The number of anilines is 2. The maximum Gasteiger partial charge on any atom is 0.203 e. The molecule has 0 amide bonds. The lowest BCUT2D eigenvalue weighted by Crippen LogP contribution is -2.67. The van der Waals surface area contributed by atoms with Crippen molar-refractivity contribution >= 4 is 29.7 Å². The molecule has 2 aromatic rings. The number of guanidine groups is 1. The number of hydrogen-bond donors (Lipinski definition) is 3. The van der Waals surface area contributed by atoms with Crippen LogP contribution in [0.15, 0.2) is 65.3 Å². The van der Waals surface area contributed by atoms with Gasteiger partial charge in [0.2, 0.25) is 5.96 Å². The summed E-state index contributed by atoms with van der Waals surface area (Å²) < 4.78 is 5.97. The predicted octanol–water partition coefficient (Wildman–Crippen LogP) is 4.64. The Morgan fingerprint density at radius 1 is 1.09 bits per heavy atom. The first-order chi connectivity index (χ1) is 16.2. The molecule has 5 N–H and O–H groups in total. The van der Waals surface area contributed by atoms with Crippen LogP contribution < -0.4 is 26.4 Å². The molecule has 0 radical (unpaired) electrons. The van der Waals surface area contributed by atoms with E-state index in [-0.39, 0.29) is 17.8 Å². The highest BCUT2D eigenvalue weighted by atomic mass is 35.5. The molecule has 190 valence electrons. The number of rotatable bonds is 7. The smallest absolute Gasteiger partial charge is 0.203 e. The summed E-state index contributed by atoms with van der Waals surface area (Å²) in [4.78, 5) is 8.66. The number of halogens is 1. The van der Waals surface area contributed by atoms with Crippen LogP contribution in [-0.2, 0) is 5.41 Å². The van der Waals surface area contributed by atoms with Crippen LogP contribution >= 0.6 is 12.4 Å². The summed E-state index contributed by atoms with van der Waals surface area (Å²) in [6.07, 6.45) is 4.30. The number of nitrogens with two attached hydrogens (primary N) is 2. The second-order valence-corrected chi connectivity index (χ2v) is 10.2. The van der Waals surface area contributed by atoms with E-state index in [4.69, 9.17) is 16.2 Å². The summed E-state index contributed by atoms with van der Waals surface area (Å²) in [5.41, 5.74) is 17.2. The van der Waals surface area contributed by atoms with Gasteiger partial charge >= 0.3 is 0 Å². The van der Waals surface area contributed by atoms with Gasteiger partial charge in [-0.15, -0.1) is 12.4 Å². The minimum Gasteiger partial charge on any atom is -0.492 e. The highest BCUT2D eigenvalue weighted by molar-refractivity contribution is 5.98. The van der Waals surface area contributed by atoms with E-state index in [0.717, 1.165) is 29.2 Å². The van der Waals surface area contributed by atoms with Gasteiger partial charge in [0, 0.05) is 29.7 Å². The SMILES string of the molecule is CC1=CN=C(N)N(c2ccc(OCCN3CCCC3)cc2)C1(N)Nc1cccc(C(C)(C)C)c1.Cl. The van der Waals surface area contributed by atoms with Crippen LogP contribution in [0.4, 0.5) is 11.4 Å². The third-order valence-electron chi connectivity index (χ3n) is 6.61. The Morgan fingerprint density at radius 2 is 1.77 bits per heavy atom. The topological polar surface area (TPSA) is 92.1 Å². The van der Waals surface area contributed by atoms with Gasteiger partial charge in [-0.3, -0.25) is 15.5 Å². The second kappa shape index (κ2) is 10.9. The van der Waals surface area contributed by atoms with Crippen LogP contribution in [0.2, 0.25) is 0 Å². The Kier molecular flexibility index (Phi) is 8.36. The second-order valence-electron chi connectivity index (χ2n) is 10.2. The number of hydrogen-bond acceptors (Lipinski definition) is 7. The molecule has 1 fully saturated rings. The molecule has 2 aliphatic rings. The largest absolute Gasteiger partial charge is 0.492 e. The fourth-order valence-electron chi connectivity index (χ4n) is 4.44. The molecule has 1 unspecified atom stereocenters.